The maximum atomic E-state index is 12.2. The van der Waals surface area contributed by atoms with Gasteiger partial charge in [0, 0.05) is 23.3 Å². The highest BCUT2D eigenvalue weighted by Gasteiger charge is 2.40. The van der Waals surface area contributed by atoms with Gasteiger partial charge in [-0.3, -0.25) is 4.79 Å². The van der Waals surface area contributed by atoms with Crippen molar-refractivity contribution in [3.63, 3.8) is 0 Å². The minimum Gasteiger partial charge on any atom is -0.399 e. The second-order valence-corrected chi connectivity index (χ2v) is 4.81. The molecule has 2 heterocycles. The van der Waals surface area contributed by atoms with Gasteiger partial charge in [0.05, 0.1) is 0 Å². The molecule has 2 aliphatic heterocycles. The summed E-state index contributed by atoms with van der Waals surface area (Å²) in [5, 5.41) is 0. The molecule has 2 saturated heterocycles. The first kappa shape index (κ1) is 9.70. The number of nitrogen functional groups attached to an aromatic ring is 1. The second kappa shape index (κ2) is 3.51. The summed E-state index contributed by atoms with van der Waals surface area (Å²) in [6.45, 7) is 0. The van der Waals surface area contributed by atoms with E-state index in [0.29, 0.717) is 11.9 Å². The fourth-order valence-electron chi connectivity index (χ4n) is 2.93. The number of nitrogens with zero attached hydrogens (tertiary/aromatic N) is 1. The molecular formula is C13H16N2O. The standard InChI is InChI=1S/C13H16N2O/c14-10-3-7-12(8-4-10)15-11-5-1-9(2-6-11)13(15)16/h3-4,7-9,11H,1-2,5-6,14H2. The van der Waals surface area contributed by atoms with Gasteiger partial charge in [0.1, 0.15) is 0 Å². The number of piperidine rings is 2. The number of amides is 1. The van der Waals surface area contributed by atoms with Gasteiger partial charge >= 0.3 is 0 Å². The second-order valence-electron chi connectivity index (χ2n) is 4.81. The molecule has 3 nitrogen and oxygen atoms in total. The van der Waals surface area contributed by atoms with Crippen molar-refractivity contribution in [2.24, 2.45) is 5.92 Å². The molecule has 2 N–H and O–H groups in total. The van der Waals surface area contributed by atoms with E-state index in [1.54, 1.807) is 0 Å². The Hall–Kier alpha value is -1.51. The van der Waals surface area contributed by atoms with E-state index >= 15 is 0 Å². The monoisotopic (exact) mass is 216 g/mol. The van der Waals surface area contributed by atoms with Gasteiger partial charge in [-0.05, 0) is 49.9 Å². The highest BCUT2D eigenvalue weighted by molar-refractivity contribution is 5.97. The number of rotatable bonds is 1. The number of hydrogen-bond acceptors (Lipinski definition) is 2. The van der Waals surface area contributed by atoms with E-state index in [0.717, 1.165) is 37.1 Å². The Morgan fingerprint density at radius 1 is 1.06 bits per heavy atom. The number of hydrogen-bond donors (Lipinski definition) is 1. The van der Waals surface area contributed by atoms with Crippen molar-refractivity contribution in [1.29, 1.82) is 0 Å². The lowest BCUT2D eigenvalue weighted by Gasteiger charge is -2.44. The van der Waals surface area contributed by atoms with Crippen LogP contribution in [0.25, 0.3) is 0 Å². The summed E-state index contributed by atoms with van der Waals surface area (Å²) in [6.07, 6.45) is 4.46. The van der Waals surface area contributed by atoms with E-state index in [9.17, 15) is 4.79 Å². The van der Waals surface area contributed by atoms with Crippen LogP contribution in [0.4, 0.5) is 11.4 Å². The molecule has 1 saturated carbocycles. The Labute approximate surface area is 95.2 Å². The maximum absolute atomic E-state index is 12.2. The summed E-state index contributed by atoms with van der Waals surface area (Å²) in [6, 6.07) is 8.05. The van der Waals surface area contributed by atoms with Crippen LogP contribution in [0.15, 0.2) is 24.3 Å². The largest absolute Gasteiger partial charge is 0.399 e. The summed E-state index contributed by atoms with van der Waals surface area (Å²) >= 11 is 0. The molecule has 0 unspecified atom stereocenters. The van der Waals surface area contributed by atoms with Gasteiger partial charge in [0.25, 0.3) is 0 Å². The Morgan fingerprint density at radius 2 is 1.69 bits per heavy atom. The Bertz CT molecular complexity index is 404. The number of carbonyl (C=O) groups excluding carboxylic acids is 1. The minimum absolute atomic E-state index is 0.266. The Morgan fingerprint density at radius 3 is 2.25 bits per heavy atom. The number of fused-ring (bicyclic) bond motifs is 3. The zero-order valence-corrected chi connectivity index (χ0v) is 9.23. The third-order valence-corrected chi connectivity index (χ3v) is 3.82. The van der Waals surface area contributed by atoms with Crippen LogP contribution in [0.5, 0.6) is 0 Å². The average molecular weight is 216 g/mol. The third-order valence-electron chi connectivity index (χ3n) is 3.82. The van der Waals surface area contributed by atoms with Gasteiger partial charge in [-0.1, -0.05) is 0 Å². The van der Waals surface area contributed by atoms with E-state index in [2.05, 4.69) is 0 Å². The number of carbonyl (C=O) groups is 1. The van der Waals surface area contributed by atoms with Crippen LogP contribution >= 0.6 is 0 Å². The first-order valence-electron chi connectivity index (χ1n) is 5.94. The van der Waals surface area contributed by atoms with Crippen LogP contribution in [-0.4, -0.2) is 11.9 Å². The molecule has 0 radical (unpaired) electrons. The van der Waals surface area contributed by atoms with Crippen molar-refractivity contribution in [2.45, 2.75) is 31.7 Å². The molecule has 0 spiro atoms. The lowest BCUT2D eigenvalue weighted by Crippen LogP contribution is -2.52. The highest BCUT2D eigenvalue weighted by Crippen LogP contribution is 2.38. The van der Waals surface area contributed by atoms with Crippen LogP contribution in [0.3, 0.4) is 0 Å². The molecule has 84 valence electrons. The molecule has 1 aromatic carbocycles. The number of anilines is 2. The molecule has 1 aromatic rings. The molecule has 2 bridgehead atoms. The molecule has 3 heteroatoms. The lowest BCUT2D eigenvalue weighted by molar-refractivity contribution is -0.126. The summed E-state index contributed by atoms with van der Waals surface area (Å²) in [4.78, 5) is 14.2. The molecule has 3 fully saturated rings. The molecule has 16 heavy (non-hydrogen) atoms. The van der Waals surface area contributed by atoms with Crippen LogP contribution in [0.2, 0.25) is 0 Å². The molecule has 0 aromatic heterocycles. The smallest absolute Gasteiger partial charge is 0.230 e. The van der Waals surface area contributed by atoms with E-state index in [4.69, 9.17) is 5.73 Å². The van der Waals surface area contributed by atoms with Gasteiger partial charge in [0.2, 0.25) is 5.91 Å². The normalized spacial score (nSPS) is 28.5. The summed E-state index contributed by atoms with van der Waals surface area (Å²) in [5.74, 6) is 0.579. The van der Waals surface area contributed by atoms with Crippen molar-refractivity contribution in [3.8, 4) is 0 Å². The van der Waals surface area contributed by atoms with Crippen molar-refractivity contribution in [3.05, 3.63) is 24.3 Å². The molecule has 4 rings (SSSR count). The fraction of sp³-hybridized carbons (Fsp3) is 0.462. The first-order chi connectivity index (χ1) is 7.75. The van der Waals surface area contributed by atoms with Gasteiger partial charge < -0.3 is 10.6 Å². The predicted molar refractivity (Wildman–Crippen MR) is 64.1 cm³/mol. The van der Waals surface area contributed by atoms with Crippen LogP contribution in [0, 0.1) is 5.92 Å². The van der Waals surface area contributed by atoms with Gasteiger partial charge in [-0.25, -0.2) is 0 Å². The highest BCUT2D eigenvalue weighted by atomic mass is 16.2. The Balaban J connectivity index is 1.94. The van der Waals surface area contributed by atoms with Crippen LogP contribution in [0.1, 0.15) is 25.7 Å². The zero-order valence-electron chi connectivity index (χ0n) is 9.23. The summed E-state index contributed by atoms with van der Waals surface area (Å²) in [7, 11) is 0. The predicted octanol–water partition coefficient (Wildman–Crippen LogP) is 2.17. The summed E-state index contributed by atoms with van der Waals surface area (Å²) < 4.78 is 0. The number of benzene rings is 1. The molecular weight excluding hydrogens is 200 g/mol. The van der Waals surface area contributed by atoms with E-state index in [1.165, 1.54) is 0 Å². The maximum Gasteiger partial charge on any atom is 0.230 e. The lowest BCUT2D eigenvalue weighted by atomic mass is 9.79. The quantitative estimate of drug-likeness (QED) is 0.731. The van der Waals surface area contributed by atoms with Crippen molar-refractivity contribution >= 4 is 17.3 Å². The Kier molecular flexibility index (Phi) is 2.13. The molecule has 0 atom stereocenters. The van der Waals surface area contributed by atoms with E-state index in [-0.39, 0.29) is 5.92 Å². The molecule has 3 aliphatic rings. The van der Waals surface area contributed by atoms with Gasteiger partial charge in [-0.15, -0.1) is 0 Å². The SMILES string of the molecule is Nc1ccc(N2C(=O)C3CCC2CC3)cc1. The average Bonchev–Trinajstić information content (AvgIpc) is 2.32. The molecule has 1 amide bonds. The zero-order chi connectivity index (χ0) is 11.1. The minimum atomic E-state index is 0.266. The van der Waals surface area contributed by atoms with Crippen LogP contribution < -0.4 is 10.6 Å². The van der Waals surface area contributed by atoms with Gasteiger partial charge in [-0.2, -0.15) is 0 Å². The topological polar surface area (TPSA) is 46.3 Å². The van der Waals surface area contributed by atoms with Crippen LogP contribution in [-0.2, 0) is 4.79 Å². The van der Waals surface area contributed by atoms with E-state index in [1.807, 2.05) is 29.2 Å². The van der Waals surface area contributed by atoms with Crippen molar-refractivity contribution < 1.29 is 4.79 Å². The first-order valence-corrected chi connectivity index (χ1v) is 5.94. The summed E-state index contributed by atoms with van der Waals surface area (Å²) in [5.41, 5.74) is 7.42. The van der Waals surface area contributed by atoms with Crippen molar-refractivity contribution in [2.75, 3.05) is 10.6 Å². The van der Waals surface area contributed by atoms with E-state index < -0.39 is 0 Å². The fourth-order valence-corrected chi connectivity index (χ4v) is 2.93. The van der Waals surface area contributed by atoms with Crippen molar-refractivity contribution in [1.82, 2.24) is 0 Å². The number of nitrogens with two attached hydrogens (primary N) is 1. The molecule has 1 aliphatic carbocycles. The third kappa shape index (κ3) is 1.39. The van der Waals surface area contributed by atoms with Gasteiger partial charge in [0.15, 0.2) is 0 Å².